The summed E-state index contributed by atoms with van der Waals surface area (Å²) in [6.45, 7) is 6.47. The fourth-order valence-corrected chi connectivity index (χ4v) is 2.73. The molecule has 1 aromatic carbocycles. The van der Waals surface area contributed by atoms with Gasteiger partial charge in [-0.25, -0.2) is 9.97 Å². The largest absolute Gasteiger partial charge is 0.369 e. The van der Waals surface area contributed by atoms with E-state index in [9.17, 15) is 4.79 Å². The van der Waals surface area contributed by atoms with Crippen molar-refractivity contribution in [1.29, 1.82) is 0 Å². The molecule has 2 aromatic heterocycles. The Bertz CT molecular complexity index is 892. The van der Waals surface area contributed by atoms with Gasteiger partial charge >= 0.3 is 0 Å². The molecule has 1 amide bonds. The normalized spacial score (nSPS) is 11.8. The van der Waals surface area contributed by atoms with Crippen LogP contribution in [0.3, 0.4) is 0 Å². The number of carbonyl (C=O) groups excluding carboxylic acids is 1. The van der Waals surface area contributed by atoms with Gasteiger partial charge in [-0.3, -0.25) is 9.89 Å². The van der Waals surface area contributed by atoms with Gasteiger partial charge < -0.3 is 10.6 Å². The van der Waals surface area contributed by atoms with Gasteiger partial charge in [-0.15, -0.1) is 0 Å². The Hall–Kier alpha value is -3.22. The molecule has 27 heavy (non-hydrogen) atoms. The van der Waals surface area contributed by atoms with E-state index in [0.717, 1.165) is 28.8 Å². The number of carbonyl (C=O) groups is 1. The van der Waals surface area contributed by atoms with Crippen LogP contribution in [0.2, 0.25) is 0 Å². The van der Waals surface area contributed by atoms with Gasteiger partial charge in [0.1, 0.15) is 5.82 Å². The summed E-state index contributed by atoms with van der Waals surface area (Å²) in [5.74, 6) is 0.572. The summed E-state index contributed by atoms with van der Waals surface area (Å²) in [6, 6.07) is 9.69. The summed E-state index contributed by atoms with van der Waals surface area (Å²) in [4.78, 5) is 21.4. The summed E-state index contributed by atoms with van der Waals surface area (Å²) < 4.78 is 0. The monoisotopic (exact) mass is 364 g/mol. The first-order valence-electron chi connectivity index (χ1n) is 8.97. The SMILES string of the molecule is Cc1nc(C(=O)N[C@H](C)c2ccccc2)nc(NCCc2cn[nH]c2)c1C. The van der Waals surface area contributed by atoms with Crippen LogP contribution >= 0.6 is 0 Å². The number of aromatic nitrogens is 4. The predicted molar refractivity (Wildman–Crippen MR) is 105 cm³/mol. The van der Waals surface area contributed by atoms with Gasteiger partial charge in [-0.2, -0.15) is 5.10 Å². The number of nitrogens with one attached hydrogen (secondary N) is 3. The zero-order chi connectivity index (χ0) is 19.2. The molecule has 7 heteroatoms. The third-order valence-electron chi connectivity index (χ3n) is 4.50. The second kappa shape index (κ2) is 8.44. The van der Waals surface area contributed by atoms with Gasteiger partial charge in [0.2, 0.25) is 5.82 Å². The van der Waals surface area contributed by atoms with Gasteiger partial charge in [0.25, 0.3) is 5.91 Å². The summed E-state index contributed by atoms with van der Waals surface area (Å²) >= 11 is 0. The maximum atomic E-state index is 12.6. The number of hydrogen-bond donors (Lipinski definition) is 3. The van der Waals surface area contributed by atoms with E-state index in [1.807, 2.05) is 57.3 Å². The number of H-pyrrole nitrogens is 1. The molecule has 1 atom stereocenters. The van der Waals surface area contributed by atoms with Crippen LogP contribution in [-0.2, 0) is 6.42 Å². The van der Waals surface area contributed by atoms with Gasteiger partial charge in [-0.1, -0.05) is 30.3 Å². The van der Waals surface area contributed by atoms with E-state index in [1.165, 1.54) is 0 Å². The highest BCUT2D eigenvalue weighted by Crippen LogP contribution is 2.16. The molecular formula is C20H24N6O. The van der Waals surface area contributed by atoms with Crippen molar-refractivity contribution in [2.45, 2.75) is 33.2 Å². The molecule has 3 rings (SSSR count). The third-order valence-corrected chi connectivity index (χ3v) is 4.50. The molecule has 2 heterocycles. The van der Waals surface area contributed by atoms with Crippen molar-refractivity contribution in [2.24, 2.45) is 0 Å². The molecule has 3 aromatic rings. The maximum Gasteiger partial charge on any atom is 0.289 e. The minimum atomic E-state index is -0.285. The average molecular weight is 364 g/mol. The molecule has 0 fully saturated rings. The van der Waals surface area contributed by atoms with Crippen LogP contribution in [-0.4, -0.2) is 32.6 Å². The summed E-state index contributed by atoms with van der Waals surface area (Å²) in [6.07, 6.45) is 4.47. The lowest BCUT2D eigenvalue weighted by Crippen LogP contribution is -2.29. The predicted octanol–water partition coefficient (Wildman–Crippen LogP) is 2.96. The molecule has 0 unspecified atom stereocenters. The molecule has 0 saturated heterocycles. The van der Waals surface area contributed by atoms with Gasteiger partial charge in [-0.05, 0) is 38.3 Å². The van der Waals surface area contributed by atoms with Crippen molar-refractivity contribution in [3.8, 4) is 0 Å². The fourth-order valence-electron chi connectivity index (χ4n) is 2.73. The molecule has 0 aliphatic carbocycles. The fraction of sp³-hybridized carbons (Fsp3) is 0.300. The zero-order valence-electron chi connectivity index (χ0n) is 15.8. The first-order valence-corrected chi connectivity index (χ1v) is 8.97. The van der Waals surface area contributed by atoms with Gasteiger partial charge in [0.15, 0.2) is 0 Å². The highest BCUT2D eigenvalue weighted by molar-refractivity contribution is 5.91. The van der Waals surface area contributed by atoms with Gasteiger partial charge in [0.05, 0.1) is 12.2 Å². The summed E-state index contributed by atoms with van der Waals surface area (Å²) in [5, 5.41) is 13.0. The first kappa shape index (κ1) is 18.6. The number of amides is 1. The number of anilines is 1. The van der Waals surface area contributed by atoms with Gasteiger partial charge in [0, 0.05) is 24.0 Å². The molecule has 3 N–H and O–H groups in total. The van der Waals surface area contributed by atoms with Crippen molar-refractivity contribution >= 4 is 11.7 Å². The lowest BCUT2D eigenvalue weighted by molar-refractivity contribution is 0.0929. The van der Waals surface area contributed by atoms with E-state index in [2.05, 4.69) is 30.8 Å². The second-order valence-electron chi connectivity index (χ2n) is 6.50. The van der Waals surface area contributed by atoms with Crippen molar-refractivity contribution in [3.63, 3.8) is 0 Å². The number of nitrogens with zero attached hydrogens (tertiary/aromatic N) is 3. The van der Waals surface area contributed by atoms with Crippen LogP contribution < -0.4 is 10.6 Å². The first-order chi connectivity index (χ1) is 13.0. The van der Waals surface area contributed by atoms with E-state index in [4.69, 9.17) is 0 Å². The van der Waals surface area contributed by atoms with Crippen molar-refractivity contribution in [3.05, 3.63) is 70.9 Å². The maximum absolute atomic E-state index is 12.6. The van der Waals surface area contributed by atoms with Crippen LogP contribution in [0.1, 0.15) is 46.0 Å². The Morgan fingerprint density at radius 1 is 1.19 bits per heavy atom. The zero-order valence-corrected chi connectivity index (χ0v) is 15.8. The van der Waals surface area contributed by atoms with Crippen LogP contribution in [0.15, 0.2) is 42.7 Å². The Labute approximate surface area is 158 Å². The lowest BCUT2D eigenvalue weighted by atomic mass is 10.1. The molecule has 0 saturated carbocycles. The van der Waals surface area contributed by atoms with Crippen LogP contribution in [0.5, 0.6) is 0 Å². The van der Waals surface area contributed by atoms with E-state index in [-0.39, 0.29) is 17.8 Å². The summed E-state index contributed by atoms with van der Waals surface area (Å²) in [7, 11) is 0. The molecular weight excluding hydrogens is 340 g/mol. The topological polar surface area (TPSA) is 95.6 Å². The standard InChI is InChI=1S/C20H24N6O/c1-13-14(2)24-19(20(27)25-15(3)17-7-5-4-6-8-17)26-18(13)21-10-9-16-11-22-23-12-16/h4-8,11-12,15H,9-10H2,1-3H3,(H,22,23)(H,25,27)(H,21,24,26)/t15-/m1/s1. The average Bonchev–Trinajstić information content (AvgIpc) is 3.19. The van der Waals surface area contributed by atoms with Crippen molar-refractivity contribution in [2.75, 3.05) is 11.9 Å². The number of benzene rings is 1. The third kappa shape index (κ3) is 4.69. The Balaban J connectivity index is 1.69. The quantitative estimate of drug-likeness (QED) is 0.599. The van der Waals surface area contributed by atoms with E-state index in [0.29, 0.717) is 12.4 Å². The minimum Gasteiger partial charge on any atom is -0.369 e. The number of aromatic amines is 1. The highest BCUT2D eigenvalue weighted by Gasteiger charge is 2.17. The number of rotatable bonds is 7. The Morgan fingerprint density at radius 2 is 1.96 bits per heavy atom. The highest BCUT2D eigenvalue weighted by atomic mass is 16.2. The molecule has 0 radical (unpaired) electrons. The molecule has 140 valence electrons. The lowest BCUT2D eigenvalue weighted by Gasteiger charge is -2.15. The number of aryl methyl sites for hydroxylation is 1. The minimum absolute atomic E-state index is 0.124. The van der Waals surface area contributed by atoms with Crippen LogP contribution in [0.4, 0.5) is 5.82 Å². The molecule has 0 spiro atoms. The molecule has 7 nitrogen and oxygen atoms in total. The Kier molecular flexibility index (Phi) is 5.80. The summed E-state index contributed by atoms with van der Waals surface area (Å²) in [5.41, 5.74) is 3.87. The van der Waals surface area contributed by atoms with Crippen LogP contribution in [0.25, 0.3) is 0 Å². The van der Waals surface area contributed by atoms with Crippen LogP contribution in [0, 0.1) is 13.8 Å². The van der Waals surface area contributed by atoms with E-state index < -0.39 is 0 Å². The Morgan fingerprint density at radius 3 is 2.67 bits per heavy atom. The van der Waals surface area contributed by atoms with Crippen molar-refractivity contribution in [1.82, 2.24) is 25.5 Å². The molecule has 0 aliphatic heterocycles. The van der Waals surface area contributed by atoms with E-state index >= 15 is 0 Å². The second-order valence-corrected chi connectivity index (χ2v) is 6.50. The van der Waals surface area contributed by atoms with E-state index in [1.54, 1.807) is 6.20 Å². The molecule has 0 aliphatic rings. The number of hydrogen-bond acceptors (Lipinski definition) is 5. The molecule has 0 bridgehead atoms. The smallest absolute Gasteiger partial charge is 0.289 e. The van der Waals surface area contributed by atoms with Crippen molar-refractivity contribution < 1.29 is 4.79 Å².